The van der Waals surface area contributed by atoms with Gasteiger partial charge in [0.2, 0.25) is 5.91 Å². The molecule has 0 bridgehead atoms. The Kier molecular flexibility index (Phi) is 6.90. The molecule has 150 valence electrons. The van der Waals surface area contributed by atoms with Crippen molar-refractivity contribution in [1.29, 1.82) is 0 Å². The number of piperazine rings is 1. The van der Waals surface area contributed by atoms with E-state index in [9.17, 15) is 4.79 Å². The lowest BCUT2D eigenvalue weighted by molar-refractivity contribution is -0.121. The first-order chi connectivity index (χ1) is 13.6. The number of nitrogens with zero attached hydrogens (tertiary/aromatic N) is 2. The van der Waals surface area contributed by atoms with Crippen molar-refractivity contribution in [3.05, 3.63) is 54.1 Å². The average Bonchev–Trinajstić information content (AvgIpc) is 2.74. The zero-order chi connectivity index (χ0) is 19.9. The molecule has 0 aromatic heterocycles. The number of benzene rings is 2. The van der Waals surface area contributed by atoms with Crippen molar-refractivity contribution in [2.75, 3.05) is 45.7 Å². The fourth-order valence-corrected chi connectivity index (χ4v) is 3.45. The average molecular weight is 383 g/mol. The van der Waals surface area contributed by atoms with Gasteiger partial charge in [-0.3, -0.25) is 14.6 Å². The Morgan fingerprint density at radius 3 is 2.32 bits per heavy atom. The van der Waals surface area contributed by atoms with Gasteiger partial charge in [0.25, 0.3) is 0 Å². The number of carbonyl (C=O) groups excluding carboxylic acids is 1. The number of carbonyl (C=O) groups is 1. The summed E-state index contributed by atoms with van der Waals surface area (Å²) in [6, 6.07) is 15.5. The fraction of sp³-hybridized carbons (Fsp3) is 0.409. The second kappa shape index (κ2) is 9.57. The molecule has 3 rings (SSSR count). The van der Waals surface area contributed by atoms with Gasteiger partial charge in [-0.25, -0.2) is 0 Å². The summed E-state index contributed by atoms with van der Waals surface area (Å²) >= 11 is 0. The highest BCUT2D eigenvalue weighted by molar-refractivity contribution is 5.95. The van der Waals surface area contributed by atoms with Crippen molar-refractivity contribution < 1.29 is 14.3 Å². The van der Waals surface area contributed by atoms with Gasteiger partial charge in [-0.1, -0.05) is 24.3 Å². The lowest BCUT2D eigenvalue weighted by Crippen LogP contribution is -2.52. The van der Waals surface area contributed by atoms with Crippen LogP contribution in [0.4, 0.5) is 5.69 Å². The zero-order valence-corrected chi connectivity index (χ0v) is 16.9. The third kappa shape index (κ3) is 5.03. The fourth-order valence-electron chi connectivity index (χ4n) is 3.45. The van der Waals surface area contributed by atoms with E-state index in [0.717, 1.165) is 38.5 Å². The van der Waals surface area contributed by atoms with Gasteiger partial charge in [-0.2, -0.15) is 0 Å². The molecule has 1 atom stereocenters. The number of anilines is 1. The summed E-state index contributed by atoms with van der Waals surface area (Å²) in [4.78, 5) is 17.3. The first-order valence-electron chi connectivity index (χ1n) is 9.64. The van der Waals surface area contributed by atoms with Gasteiger partial charge in [-0.15, -0.1) is 0 Å². The SMILES string of the molecule is COc1ccc(CN2CCN([C@H](C)C(=O)Nc3ccccc3OC)CC2)cc1. The number of amides is 1. The molecule has 1 fully saturated rings. The summed E-state index contributed by atoms with van der Waals surface area (Å²) in [5.41, 5.74) is 1.98. The molecule has 1 aliphatic rings. The molecular formula is C22H29N3O3. The van der Waals surface area contributed by atoms with E-state index in [1.54, 1.807) is 14.2 Å². The minimum Gasteiger partial charge on any atom is -0.497 e. The van der Waals surface area contributed by atoms with Crippen LogP contribution < -0.4 is 14.8 Å². The van der Waals surface area contributed by atoms with Crippen LogP contribution in [-0.2, 0) is 11.3 Å². The molecule has 1 aliphatic heterocycles. The molecule has 6 nitrogen and oxygen atoms in total. The van der Waals surface area contributed by atoms with Gasteiger partial charge in [0.15, 0.2) is 0 Å². The first-order valence-corrected chi connectivity index (χ1v) is 9.64. The molecule has 1 N–H and O–H groups in total. The van der Waals surface area contributed by atoms with Crippen molar-refractivity contribution in [2.24, 2.45) is 0 Å². The Morgan fingerprint density at radius 1 is 1.00 bits per heavy atom. The summed E-state index contributed by atoms with van der Waals surface area (Å²) in [6.45, 7) is 6.51. The summed E-state index contributed by atoms with van der Waals surface area (Å²) in [5, 5.41) is 2.99. The first kappa shape index (κ1) is 20.2. The molecule has 0 aliphatic carbocycles. The molecule has 0 spiro atoms. The van der Waals surface area contributed by atoms with E-state index >= 15 is 0 Å². The highest BCUT2D eigenvalue weighted by Gasteiger charge is 2.26. The van der Waals surface area contributed by atoms with Crippen LogP contribution >= 0.6 is 0 Å². The number of nitrogens with one attached hydrogen (secondary N) is 1. The van der Waals surface area contributed by atoms with Gasteiger partial charge in [0.05, 0.1) is 25.9 Å². The number of para-hydroxylation sites is 2. The van der Waals surface area contributed by atoms with E-state index in [-0.39, 0.29) is 11.9 Å². The van der Waals surface area contributed by atoms with E-state index < -0.39 is 0 Å². The van der Waals surface area contributed by atoms with Crippen molar-refractivity contribution >= 4 is 11.6 Å². The smallest absolute Gasteiger partial charge is 0.241 e. The molecule has 28 heavy (non-hydrogen) atoms. The Labute approximate surface area is 167 Å². The molecule has 0 unspecified atom stereocenters. The van der Waals surface area contributed by atoms with E-state index in [0.29, 0.717) is 11.4 Å². The second-order valence-corrected chi connectivity index (χ2v) is 7.03. The summed E-state index contributed by atoms with van der Waals surface area (Å²) in [6.07, 6.45) is 0. The van der Waals surface area contributed by atoms with Crippen molar-refractivity contribution in [3.63, 3.8) is 0 Å². The third-order valence-electron chi connectivity index (χ3n) is 5.26. The van der Waals surface area contributed by atoms with E-state index in [2.05, 4.69) is 27.2 Å². The maximum Gasteiger partial charge on any atom is 0.241 e. The Morgan fingerprint density at radius 2 is 1.68 bits per heavy atom. The predicted molar refractivity (Wildman–Crippen MR) is 111 cm³/mol. The Bertz CT molecular complexity index is 771. The van der Waals surface area contributed by atoms with Crippen molar-refractivity contribution in [1.82, 2.24) is 9.80 Å². The molecule has 1 amide bonds. The van der Waals surface area contributed by atoms with E-state index in [1.165, 1.54) is 5.56 Å². The van der Waals surface area contributed by atoms with E-state index in [1.807, 2.05) is 43.3 Å². The van der Waals surface area contributed by atoms with Crippen LogP contribution in [0.3, 0.4) is 0 Å². The van der Waals surface area contributed by atoms with Crippen LogP contribution in [-0.4, -0.2) is 62.1 Å². The van der Waals surface area contributed by atoms with Gasteiger partial charge in [0.1, 0.15) is 11.5 Å². The number of ether oxygens (including phenoxy) is 2. The molecule has 2 aromatic carbocycles. The van der Waals surface area contributed by atoms with Crippen LogP contribution in [0.5, 0.6) is 11.5 Å². The maximum atomic E-state index is 12.7. The number of hydrogen-bond donors (Lipinski definition) is 1. The lowest BCUT2D eigenvalue weighted by atomic mass is 10.1. The topological polar surface area (TPSA) is 54.0 Å². The third-order valence-corrected chi connectivity index (χ3v) is 5.26. The molecule has 2 aromatic rings. The molecule has 0 radical (unpaired) electrons. The van der Waals surface area contributed by atoms with Crippen LogP contribution in [0, 0.1) is 0 Å². The van der Waals surface area contributed by atoms with Gasteiger partial charge in [0, 0.05) is 32.7 Å². The summed E-state index contributed by atoms with van der Waals surface area (Å²) in [5.74, 6) is 1.55. The van der Waals surface area contributed by atoms with E-state index in [4.69, 9.17) is 9.47 Å². The Balaban J connectivity index is 1.50. The van der Waals surface area contributed by atoms with Gasteiger partial charge >= 0.3 is 0 Å². The van der Waals surface area contributed by atoms with Gasteiger partial charge < -0.3 is 14.8 Å². The summed E-state index contributed by atoms with van der Waals surface area (Å²) < 4.78 is 10.5. The van der Waals surface area contributed by atoms with Crippen LogP contribution in [0.15, 0.2) is 48.5 Å². The molecule has 0 saturated carbocycles. The largest absolute Gasteiger partial charge is 0.497 e. The van der Waals surface area contributed by atoms with Gasteiger partial charge in [-0.05, 0) is 36.8 Å². The highest BCUT2D eigenvalue weighted by Crippen LogP contribution is 2.23. The van der Waals surface area contributed by atoms with Crippen LogP contribution in [0.25, 0.3) is 0 Å². The monoisotopic (exact) mass is 383 g/mol. The molecule has 1 saturated heterocycles. The number of hydrogen-bond acceptors (Lipinski definition) is 5. The predicted octanol–water partition coefficient (Wildman–Crippen LogP) is 2.85. The van der Waals surface area contributed by atoms with Crippen LogP contribution in [0.1, 0.15) is 12.5 Å². The molecular weight excluding hydrogens is 354 g/mol. The number of methoxy groups -OCH3 is 2. The van der Waals surface area contributed by atoms with Crippen LogP contribution in [0.2, 0.25) is 0 Å². The Hall–Kier alpha value is -2.57. The quantitative estimate of drug-likeness (QED) is 0.797. The van der Waals surface area contributed by atoms with Crippen molar-refractivity contribution in [2.45, 2.75) is 19.5 Å². The minimum absolute atomic E-state index is 0.00638. The molecule has 1 heterocycles. The van der Waals surface area contributed by atoms with Crippen molar-refractivity contribution in [3.8, 4) is 11.5 Å². The number of rotatable bonds is 7. The standard InChI is InChI=1S/C22H29N3O3/c1-17(22(26)23-20-6-4-5-7-21(20)28-3)25-14-12-24(13-15-25)16-18-8-10-19(27-2)11-9-18/h4-11,17H,12-16H2,1-3H3,(H,23,26)/t17-/m1/s1. The highest BCUT2D eigenvalue weighted by atomic mass is 16.5. The molecule has 6 heteroatoms. The lowest BCUT2D eigenvalue weighted by Gasteiger charge is -2.37. The zero-order valence-electron chi connectivity index (χ0n) is 16.9. The second-order valence-electron chi connectivity index (χ2n) is 7.03. The summed E-state index contributed by atoms with van der Waals surface area (Å²) in [7, 11) is 3.29. The normalized spacial score (nSPS) is 16.4. The minimum atomic E-state index is -0.187. The maximum absolute atomic E-state index is 12.7.